The third-order valence-electron chi connectivity index (χ3n) is 2.87. The van der Waals surface area contributed by atoms with Gasteiger partial charge in [-0.05, 0) is 24.6 Å². The Morgan fingerprint density at radius 1 is 1.16 bits per heavy atom. The van der Waals surface area contributed by atoms with Gasteiger partial charge in [-0.15, -0.1) is 0 Å². The SMILES string of the molecule is NCCCn1ccnc1Cc1ccc(F)c(F)c1F. The van der Waals surface area contributed by atoms with Crippen molar-refractivity contribution in [2.75, 3.05) is 6.54 Å². The van der Waals surface area contributed by atoms with Crippen LogP contribution < -0.4 is 5.73 Å². The van der Waals surface area contributed by atoms with Crippen molar-refractivity contribution >= 4 is 0 Å². The minimum atomic E-state index is -1.45. The maximum Gasteiger partial charge on any atom is 0.194 e. The molecule has 0 saturated heterocycles. The van der Waals surface area contributed by atoms with E-state index < -0.39 is 17.5 Å². The van der Waals surface area contributed by atoms with Gasteiger partial charge in [0.25, 0.3) is 0 Å². The highest BCUT2D eigenvalue weighted by Gasteiger charge is 2.15. The lowest BCUT2D eigenvalue weighted by Crippen LogP contribution is -2.09. The van der Waals surface area contributed by atoms with E-state index in [0.717, 1.165) is 12.5 Å². The number of imidazole rings is 1. The van der Waals surface area contributed by atoms with Crippen LogP contribution in [0.2, 0.25) is 0 Å². The first-order chi connectivity index (χ1) is 9.13. The fourth-order valence-electron chi connectivity index (χ4n) is 1.85. The van der Waals surface area contributed by atoms with Crippen LogP contribution in [0.25, 0.3) is 0 Å². The van der Waals surface area contributed by atoms with E-state index in [0.29, 0.717) is 18.9 Å². The van der Waals surface area contributed by atoms with Crippen LogP contribution in [-0.4, -0.2) is 16.1 Å². The molecule has 2 rings (SSSR count). The molecule has 102 valence electrons. The molecule has 0 atom stereocenters. The summed E-state index contributed by atoms with van der Waals surface area (Å²) in [6, 6.07) is 2.15. The first kappa shape index (κ1) is 13.6. The standard InChI is InChI=1S/C13H14F3N3/c14-10-3-2-9(12(15)13(10)16)8-11-18-5-7-19(11)6-1-4-17/h2-3,5,7H,1,4,6,8,17H2. The second-order valence-electron chi connectivity index (χ2n) is 4.19. The van der Waals surface area contributed by atoms with E-state index in [4.69, 9.17) is 5.73 Å². The van der Waals surface area contributed by atoms with Crippen LogP contribution in [0.1, 0.15) is 17.8 Å². The lowest BCUT2D eigenvalue weighted by Gasteiger charge is -2.08. The van der Waals surface area contributed by atoms with Crippen molar-refractivity contribution in [3.05, 3.63) is 53.4 Å². The van der Waals surface area contributed by atoms with E-state index in [1.165, 1.54) is 6.07 Å². The molecule has 0 radical (unpaired) electrons. The number of benzene rings is 1. The number of hydrogen-bond acceptors (Lipinski definition) is 2. The molecule has 2 N–H and O–H groups in total. The fraction of sp³-hybridized carbons (Fsp3) is 0.308. The highest BCUT2D eigenvalue weighted by atomic mass is 19.2. The lowest BCUT2D eigenvalue weighted by molar-refractivity contribution is 0.441. The smallest absolute Gasteiger partial charge is 0.194 e. The molecule has 2 aromatic rings. The van der Waals surface area contributed by atoms with E-state index in [1.54, 1.807) is 12.4 Å². The van der Waals surface area contributed by atoms with Crippen molar-refractivity contribution in [1.29, 1.82) is 0 Å². The fourth-order valence-corrected chi connectivity index (χ4v) is 1.85. The topological polar surface area (TPSA) is 43.8 Å². The van der Waals surface area contributed by atoms with Gasteiger partial charge in [0, 0.05) is 25.4 Å². The van der Waals surface area contributed by atoms with Crippen molar-refractivity contribution in [2.45, 2.75) is 19.4 Å². The molecule has 0 saturated carbocycles. The predicted molar refractivity (Wildman–Crippen MR) is 65.0 cm³/mol. The van der Waals surface area contributed by atoms with Crippen molar-refractivity contribution in [3.8, 4) is 0 Å². The highest BCUT2D eigenvalue weighted by molar-refractivity contribution is 5.23. The Morgan fingerprint density at radius 3 is 2.68 bits per heavy atom. The Balaban J connectivity index is 2.22. The number of aryl methyl sites for hydroxylation is 1. The number of hydrogen-bond donors (Lipinski definition) is 1. The van der Waals surface area contributed by atoms with Crippen LogP contribution >= 0.6 is 0 Å². The summed E-state index contributed by atoms with van der Waals surface area (Å²) in [4.78, 5) is 4.10. The Kier molecular flexibility index (Phi) is 4.21. The summed E-state index contributed by atoms with van der Waals surface area (Å²) >= 11 is 0. The molecular formula is C13H14F3N3. The lowest BCUT2D eigenvalue weighted by atomic mass is 10.1. The summed E-state index contributed by atoms with van der Waals surface area (Å²) in [5.74, 6) is -3.20. The van der Waals surface area contributed by atoms with Crippen LogP contribution in [0.4, 0.5) is 13.2 Å². The van der Waals surface area contributed by atoms with Gasteiger partial charge in [-0.25, -0.2) is 18.2 Å². The largest absolute Gasteiger partial charge is 0.335 e. The summed E-state index contributed by atoms with van der Waals surface area (Å²) in [5.41, 5.74) is 5.51. The highest BCUT2D eigenvalue weighted by Crippen LogP contribution is 2.18. The van der Waals surface area contributed by atoms with E-state index in [2.05, 4.69) is 4.98 Å². The molecule has 0 fully saturated rings. The van der Waals surface area contributed by atoms with Gasteiger partial charge in [-0.2, -0.15) is 0 Å². The molecule has 0 aliphatic rings. The number of rotatable bonds is 5. The summed E-state index contributed by atoms with van der Waals surface area (Å²) in [6.45, 7) is 1.20. The number of nitrogens with two attached hydrogens (primary N) is 1. The second kappa shape index (κ2) is 5.88. The number of nitrogens with zero attached hydrogens (tertiary/aromatic N) is 2. The van der Waals surface area contributed by atoms with E-state index >= 15 is 0 Å². The van der Waals surface area contributed by atoms with Crippen LogP contribution in [0.15, 0.2) is 24.5 Å². The van der Waals surface area contributed by atoms with Gasteiger partial charge in [0.1, 0.15) is 5.82 Å². The summed E-state index contributed by atoms with van der Waals surface area (Å²) in [7, 11) is 0. The normalized spacial score (nSPS) is 10.9. The molecular weight excluding hydrogens is 255 g/mol. The van der Waals surface area contributed by atoms with Crippen molar-refractivity contribution in [3.63, 3.8) is 0 Å². The quantitative estimate of drug-likeness (QED) is 0.846. The van der Waals surface area contributed by atoms with E-state index in [1.807, 2.05) is 4.57 Å². The van der Waals surface area contributed by atoms with Gasteiger partial charge in [-0.3, -0.25) is 0 Å². The van der Waals surface area contributed by atoms with Crippen molar-refractivity contribution < 1.29 is 13.2 Å². The summed E-state index contributed by atoms with van der Waals surface area (Å²) in [5, 5.41) is 0. The zero-order valence-corrected chi connectivity index (χ0v) is 10.2. The monoisotopic (exact) mass is 269 g/mol. The van der Waals surface area contributed by atoms with Crippen molar-refractivity contribution in [2.24, 2.45) is 5.73 Å². The molecule has 1 heterocycles. The van der Waals surface area contributed by atoms with Gasteiger partial charge in [0.15, 0.2) is 17.5 Å². The first-order valence-electron chi connectivity index (χ1n) is 5.96. The molecule has 1 aromatic carbocycles. The average molecular weight is 269 g/mol. The molecule has 0 aliphatic carbocycles. The Morgan fingerprint density at radius 2 is 1.95 bits per heavy atom. The zero-order chi connectivity index (χ0) is 13.8. The maximum atomic E-state index is 13.6. The zero-order valence-electron chi connectivity index (χ0n) is 10.2. The molecule has 0 amide bonds. The van der Waals surface area contributed by atoms with Gasteiger partial charge < -0.3 is 10.3 Å². The predicted octanol–water partition coefficient (Wildman–Crippen LogP) is 2.24. The number of aromatic nitrogens is 2. The van der Waals surface area contributed by atoms with Crippen LogP contribution in [-0.2, 0) is 13.0 Å². The molecule has 1 aromatic heterocycles. The molecule has 3 nitrogen and oxygen atoms in total. The second-order valence-corrected chi connectivity index (χ2v) is 4.19. The summed E-state index contributed by atoms with van der Waals surface area (Å²) < 4.78 is 41.4. The van der Waals surface area contributed by atoms with E-state index in [9.17, 15) is 13.2 Å². The molecule has 6 heteroatoms. The third kappa shape index (κ3) is 2.96. The van der Waals surface area contributed by atoms with Gasteiger partial charge in [-0.1, -0.05) is 6.07 Å². The minimum Gasteiger partial charge on any atom is -0.335 e. The van der Waals surface area contributed by atoms with Crippen LogP contribution in [0.3, 0.4) is 0 Å². The number of halogens is 3. The summed E-state index contributed by atoms with van der Waals surface area (Å²) in [6.07, 6.45) is 4.22. The van der Waals surface area contributed by atoms with Crippen LogP contribution in [0, 0.1) is 17.5 Å². The maximum absolute atomic E-state index is 13.6. The van der Waals surface area contributed by atoms with Gasteiger partial charge >= 0.3 is 0 Å². The Labute approximate surface area is 108 Å². The molecule has 0 aliphatic heterocycles. The molecule has 19 heavy (non-hydrogen) atoms. The van der Waals surface area contributed by atoms with Gasteiger partial charge in [0.05, 0.1) is 0 Å². The first-order valence-corrected chi connectivity index (χ1v) is 5.96. The van der Waals surface area contributed by atoms with Crippen LogP contribution in [0.5, 0.6) is 0 Å². The third-order valence-corrected chi connectivity index (χ3v) is 2.87. The Bertz CT molecular complexity index is 566. The Hall–Kier alpha value is -1.82. The average Bonchev–Trinajstić information content (AvgIpc) is 2.84. The molecule has 0 bridgehead atoms. The van der Waals surface area contributed by atoms with Gasteiger partial charge in [0.2, 0.25) is 0 Å². The minimum absolute atomic E-state index is 0.0825. The molecule has 0 unspecified atom stereocenters. The molecule has 0 spiro atoms. The van der Waals surface area contributed by atoms with Crippen molar-refractivity contribution in [1.82, 2.24) is 9.55 Å². The van der Waals surface area contributed by atoms with E-state index in [-0.39, 0.29) is 12.0 Å².